The largest absolute Gasteiger partial charge is 0.481 e. The molecule has 0 spiro atoms. The van der Waals surface area contributed by atoms with Gasteiger partial charge in [0.1, 0.15) is 21.9 Å². The van der Waals surface area contributed by atoms with Crippen LogP contribution in [0.25, 0.3) is 0 Å². The Balaban J connectivity index is 1.33. The first kappa shape index (κ1) is 22.5. The van der Waals surface area contributed by atoms with Gasteiger partial charge in [-0.3, -0.25) is 14.3 Å². The highest BCUT2D eigenvalue weighted by Gasteiger charge is 2.57. The molecule has 3 heterocycles. The van der Waals surface area contributed by atoms with E-state index in [4.69, 9.17) is 0 Å². The molecule has 2 fully saturated rings. The number of aromatic nitrogens is 2. The van der Waals surface area contributed by atoms with Gasteiger partial charge in [-0.25, -0.2) is 4.79 Å². The Kier molecular flexibility index (Phi) is 6.38. The van der Waals surface area contributed by atoms with Crippen molar-refractivity contribution in [2.75, 3.05) is 18.1 Å². The highest BCUT2D eigenvalue weighted by atomic mass is 32.2. The Morgan fingerprint density at radius 1 is 1.34 bits per heavy atom. The minimum Gasteiger partial charge on any atom is -0.481 e. The summed E-state index contributed by atoms with van der Waals surface area (Å²) in [5.41, 5.74) is 0.892. The molecule has 0 saturated carbocycles. The quantitative estimate of drug-likeness (QED) is 0.412. The average molecular weight is 476 g/mol. The van der Waals surface area contributed by atoms with Gasteiger partial charge < -0.3 is 20.6 Å². The molecule has 2 aromatic rings. The number of nitrogens with zero attached hydrogens (tertiary/aromatic N) is 3. The third-order valence-electron chi connectivity index (χ3n) is 5.77. The number of β-lactam (4-membered cyclic amide) rings is 1. The van der Waals surface area contributed by atoms with Gasteiger partial charge in [-0.2, -0.15) is 5.10 Å². The molecule has 0 aliphatic carbocycles. The lowest BCUT2D eigenvalue weighted by Crippen LogP contribution is -2.74. The SMILES string of the molecule is Cc1cc(SCC2(C(=O)O)CS[C@@H]3C(NC(=O)NCc4ccccc4)C(=O)N3C2)nn1C. The number of nitrogens with one attached hydrogen (secondary N) is 2. The Morgan fingerprint density at radius 2 is 2.09 bits per heavy atom. The Hall–Kier alpha value is -2.66. The van der Waals surface area contributed by atoms with Crippen LogP contribution in [0.4, 0.5) is 4.79 Å². The number of hydrogen-bond donors (Lipinski definition) is 3. The van der Waals surface area contributed by atoms with E-state index in [1.807, 2.05) is 50.4 Å². The number of aryl methyl sites for hydroxylation is 2. The van der Waals surface area contributed by atoms with Crippen LogP contribution in [-0.4, -0.2) is 67.2 Å². The first-order chi connectivity index (χ1) is 15.3. The predicted octanol–water partition coefficient (Wildman–Crippen LogP) is 1.67. The van der Waals surface area contributed by atoms with Crippen LogP contribution >= 0.6 is 23.5 Å². The summed E-state index contributed by atoms with van der Waals surface area (Å²) in [7, 11) is 1.84. The van der Waals surface area contributed by atoms with Crippen molar-refractivity contribution < 1.29 is 19.5 Å². The van der Waals surface area contributed by atoms with E-state index in [0.717, 1.165) is 16.3 Å². The molecule has 3 N–H and O–H groups in total. The summed E-state index contributed by atoms with van der Waals surface area (Å²) >= 11 is 2.79. The fourth-order valence-electron chi connectivity index (χ4n) is 3.69. The number of rotatable bonds is 7. The van der Waals surface area contributed by atoms with Crippen molar-refractivity contribution in [1.29, 1.82) is 0 Å². The number of carboxylic acids is 1. The molecule has 3 atom stereocenters. The maximum Gasteiger partial charge on any atom is 0.315 e. The molecule has 2 aliphatic heterocycles. The Morgan fingerprint density at radius 3 is 2.75 bits per heavy atom. The molecular weight excluding hydrogens is 450 g/mol. The molecule has 0 radical (unpaired) electrons. The molecule has 2 unspecified atom stereocenters. The molecule has 0 bridgehead atoms. The van der Waals surface area contributed by atoms with E-state index in [9.17, 15) is 19.5 Å². The van der Waals surface area contributed by atoms with Gasteiger partial charge in [0.2, 0.25) is 5.91 Å². The number of hydrogen-bond acceptors (Lipinski definition) is 6. The van der Waals surface area contributed by atoms with Gasteiger partial charge in [-0.1, -0.05) is 30.3 Å². The van der Waals surface area contributed by atoms with E-state index in [0.29, 0.717) is 18.1 Å². The minimum absolute atomic E-state index is 0.126. The standard InChI is InChI=1S/C21H25N5O4S2/c1-13-8-15(24-25(13)2)31-11-21(19(28)29)10-26-17(27)16(18(26)32-12-21)23-20(30)22-9-14-6-4-3-5-7-14/h3-8,16,18H,9-12H2,1-2H3,(H,28,29)(H2,22,23,30)/t16?,18-,21?/m1/s1. The number of urea groups is 1. The van der Waals surface area contributed by atoms with Gasteiger partial charge in [-0.15, -0.1) is 23.5 Å². The summed E-state index contributed by atoms with van der Waals surface area (Å²) in [4.78, 5) is 38.7. The molecule has 1 aromatic heterocycles. The zero-order valence-corrected chi connectivity index (χ0v) is 19.4. The number of carboxylic acid groups (broad SMARTS) is 1. The second kappa shape index (κ2) is 9.07. The monoisotopic (exact) mass is 475 g/mol. The summed E-state index contributed by atoms with van der Waals surface area (Å²) in [6, 6.07) is 10.4. The summed E-state index contributed by atoms with van der Waals surface area (Å²) in [6.07, 6.45) is 0. The topological polar surface area (TPSA) is 117 Å². The molecule has 4 rings (SSSR count). The minimum atomic E-state index is -1.06. The van der Waals surface area contributed by atoms with Crippen molar-refractivity contribution >= 4 is 41.4 Å². The zero-order chi connectivity index (χ0) is 22.9. The van der Waals surface area contributed by atoms with Gasteiger partial charge in [0.05, 0.1) is 0 Å². The van der Waals surface area contributed by atoms with Crippen LogP contribution in [0.15, 0.2) is 41.4 Å². The highest BCUT2D eigenvalue weighted by Crippen LogP contribution is 2.44. The molecule has 11 heteroatoms. The van der Waals surface area contributed by atoms with Crippen LogP contribution in [-0.2, 0) is 23.2 Å². The molecule has 170 valence electrons. The van der Waals surface area contributed by atoms with Gasteiger partial charge in [-0.05, 0) is 18.6 Å². The zero-order valence-electron chi connectivity index (χ0n) is 17.8. The fourth-order valence-corrected chi connectivity index (χ4v) is 6.53. The van der Waals surface area contributed by atoms with E-state index in [1.165, 1.54) is 23.5 Å². The van der Waals surface area contributed by atoms with Crippen molar-refractivity contribution in [2.24, 2.45) is 12.5 Å². The summed E-state index contributed by atoms with van der Waals surface area (Å²) in [5, 5.41) is 20.3. The smallest absolute Gasteiger partial charge is 0.315 e. The first-order valence-electron chi connectivity index (χ1n) is 10.2. The molecule has 1 aromatic carbocycles. The molecule has 9 nitrogen and oxygen atoms in total. The lowest BCUT2D eigenvalue weighted by atomic mass is 9.89. The predicted molar refractivity (Wildman–Crippen MR) is 122 cm³/mol. The number of thioether (sulfide) groups is 2. The van der Waals surface area contributed by atoms with E-state index < -0.39 is 23.5 Å². The summed E-state index contributed by atoms with van der Waals surface area (Å²) < 4.78 is 1.75. The van der Waals surface area contributed by atoms with Crippen LogP contribution in [0.1, 0.15) is 11.3 Å². The maximum absolute atomic E-state index is 12.7. The van der Waals surface area contributed by atoms with Crippen molar-refractivity contribution in [3.05, 3.63) is 47.7 Å². The number of aliphatic carboxylic acids is 1. The van der Waals surface area contributed by atoms with Gasteiger partial charge in [0.15, 0.2) is 0 Å². The van der Waals surface area contributed by atoms with Gasteiger partial charge >= 0.3 is 12.0 Å². The van der Waals surface area contributed by atoms with Crippen LogP contribution in [0.5, 0.6) is 0 Å². The van der Waals surface area contributed by atoms with E-state index in [-0.39, 0.29) is 17.8 Å². The van der Waals surface area contributed by atoms with Crippen LogP contribution in [0.3, 0.4) is 0 Å². The lowest BCUT2D eigenvalue weighted by Gasteiger charge is -2.53. The van der Waals surface area contributed by atoms with Crippen molar-refractivity contribution in [3.63, 3.8) is 0 Å². The molecule has 2 aliphatic rings. The molecule has 32 heavy (non-hydrogen) atoms. The van der Waals surface area contributed by atoms with Crippen molar-refractivity contribution in [2.45, 2.75) is 29.9 Å². The number of amides is 3. The first-order valence-corrected chi connectivity index (χ1v) is 12.2. The second-order valence-corrected chi connectivity index (χ2v) is 10.2. The second-order valence-electron chi connectivity index (χ2n) is 8.08. The molecular formula is C21H25N5O4S2. The Labute approximate surface area is 194 Å². The summed E-state index contributed by atoms with van der Waals surface area (Å²) in [6.45, 7) is 2.43. The van der Waals surface area contributed by atoms with Crippen LogP contribution in [0.2, 0.25) is 0 Å². The third-order valence-corrected chi connectivity index (χ3v) is 8.55. The number of fused-ring (bicyclic) bond motifs is 1. The maximum atomic E-state index is 12.7. The van der Waals surface area contributed by atoms with Gasteiger partial charge in [0.25, 0.3) is 0 Å². The number of benzene rings is 1. The highest BCUT2D eigenvalue weighted by molar-refractivity contribution is 8.00. The van der Waals surface area contributed by atoms with Crippen molar-refractivity contribution in [3.8, 4) is 0 Å². The normalized spacial score (nSPS) is 24.4. The van der Waals surface area contributed by atoms with Crippen LogP contribution < -0.4 is 10.6 Å². The van der Waals surface area contributed by atoms with E-state index in [2.05, 4.69) is 15.7 Å². The summed E-state index contributed by atoms with van der Waals surface area (Å²) in [5.74, 6) is -0.494. The molecule has 3 amide bonds. The number of carbonyl (C=O) groups excluding carboxylic acids is 2. The van der Waals surface area contributed by atoms with E-state index >= 15 is 0 Å². The number of carbonyl (C=O) groups is 3. The third kappa shape index (κ3) is 4.44. The lowest BCUT2D eigenvalue weighted by molar-refractivity contribution is -0.156. The van der Waals surface area contributed by atoms with E-state index in [1.54, 1.807) is 9.58 Å². The van der Waals surface area contributed by atoms with Crippen LogP contribution in [0, 0.1) is 12.3 Å². The average Bonchev–Trinajstić information content (AvgIpc) is 3.12. The fraction of sp³-hybridized carbons (Fsp3) is 0.429. The van der Waals surface area contributed by atoms with Gasteiger partial charge in [0, 0.05) is 37.3 Å². The molecule has 2 saturated heterocycles. The Bertz CT molecular complexity index is 1010. The van der Waals surface area contributed by atoms with Crippen molar-refractivity contribution in [1.82, 2.24) is 25.3 Å².